The third kappa shape index (κ3) is 3.66. The topological polar surface area (TPSA) is 94.8 Å². The van der Waals surface area contributed by atoms with Crippen molar-refractivity contribution in [2.24, 2.45) is 11.8 Å². The molecule has 3 N–H and O–H groups in total. The summed E-state index contributed by atoms with van der Waals surface area (Å²) in [6.45, 7) is 0. The molecule has 2 saturated carbocycles. The molecule has 0 aliphatic heterocycles. The average molecular weight is 328 g/mol. The van der Waals surface area contributed by atoms with Crippen molar-refractivity contribution < 1.29 is 24.9 Å². The fourth-order valence-corrected chi connectivity index (χ4v) is 3.09. The lowest BCUT2D eigenvalue weighted by atomic mass is 9.88. The number of benzene rings is 1. The van der Waals surface area contributed by atoms with Crippen LogP contribution in [0, 0.1) is 23.7 Å². The molecule has 3 rings (SSSR count). The second-order valence-corrected chi connectivity index (χ2v) is 6.71. The molecule has 2 aliphatic rings. The number of rotatable bonds is 4. The second-order valence-electron chi connectivity index (χ2n) is 6.71. The van der Waals surface area contributed by atoms with Crippen molar-refractivity contribution in [3.8, 4) is 11.8 Å². The molecule has 0 unspecified atom stereocenters. The summed E-state index contributed by atoms with van der Waals surface area (Å²) < 4.78 is 0. The van der Waals surface area contributed by atoms with E-state index in [2.05, 4.69) is 11.8 Å². The third-order valence-corrected chi connectivity index (χ3v) is 4.81. The van der Waals surface area contributed by atoms with Gasteiger partial charge in [-0.25, -0.2) is 4.79 Å². The molecule has 0 saturated heterocycles. The molecule has 0 amide bonds. The highest BCUT2D eigenvalue weighted by molar-refractivity contribution is 5.87. The van der Waals surface area contributed by atoms with E-state index in [9.17, 15) is 19.8 Å². The highest BCUT2D eigenvalue weighted by atomic mass is 16.4. The van der Waals surface area contributed by atoms with E-state index >= 15 is 0 Å². The van der Waals surface area contributed by atoms with E-state index in [0.29, 0.717) is 25.7 Å². The minimum atomic E-state index is -0.969. The Balaban J connectivity index is 1.66. The summed E-state index contributed by atoms with van der Waals surface area (Å²) in [7, 11) is 0. The van der Waals surface area contributed by atoms with Crippen LogP contribution in [0.4, 0.5) is 0 Å². The van der Waals surface area contributed by atoms with Crippen LogP contribution in [0.1, 0.15) is 41.6 Å². The first kappa shape index (κ1) is 16.7. The zero-order valence-corrected chi connectivity index (χ0v) is 13.2. The smallest absolute Gasteiger partial charge is 0.335 e. The number of hydrogen-bond acceptors (Lipinski definition) is 4. The lowest BCUT2D eigenvalue weighted by Gasteiger charge is -2.15. The Morgan fingerprint density at radius 1 is 1.25 bits per heavy atom. The van der Waals surface area contributed by atoms with Crippen molar-refractivity contribution >= 4 is 11.8 Å². The van der Waals surface area contributed by atoms with Gasteiger partial charge in [-0.3, -0.25) is 4.79 Å². The number of carbonyl (C=O) groups is 2. The number of aliphatic hydroxyl groups is 2. The van der Waals surface area contributed by atoms with Gasteiger partial charge in [0.05, 0.1) is 17.6 Å². The largest absolute Gasteiger partial charge is 0.478 e. The van der Waals surface area contributed by atoms with Gasteiger partial charge in [-0.15, -0.1) is 0 Å². The quantitative estimate of drug-likeness (QED) is 0.727. The van der Waals surface area contributed by atoms with Crippen LogP contribution in [0.5, 0.6) is 0 Å². The zero-order chi connectivity index (χ0) is 17.3. The minimum Gasteiger partial charge on any atom is -0.478 e. The van der Waals surface area contributed by atoms with Gasteiger partial charge >= 0.3 is 5.97 Å². The van der Waals surface area contributed by atoms with E-state index in [-0.39, 0.29) is 23.7 Å². The summed E-state index contributed by atoms with van der Waals surface area (Å²) in [5, 5.41) is 28.8. The van der Waals surface area contributed by atoms with Gasteiger partial charge in [-0.05, 0) is 43.4 Å². The molecule has 0 bridgehead atoms. The molecule has 2 aliphatic carbocycles. The lowest BCUT2D eigenvalue weighted by molar-refractivity contribution is -0.121. The number of carboxylic acid groups (broad SMARTS) is 1. The first-order valence-corrected chi connectivity index (χ1v) is 8.16. The molecule has 5 heteroatoms. The van der Waals surface area contributed by atoms with Crippen LogP contribution >= 0.6 is 0 Å². The molecule has 24 heavy (non-hydrogen) atoms. The summed E-state index contributed by atoms with van der Waals surface area (Å²) in [6.07, 6.45) is 1.81. The summed E-state index contributed by atoms with van der Waals surface area (Å²) in [5.41, 5.74) is 0.261. The maximum absolute atomic E-state index is 12.1. The van der Waals surface area contributed by atoms with E-state index in [1.54, 1.807) is 24.3 Å². The van der Waals surface area contributed by atoms with E-state index in [1.165, 1.54) is 0 Å². The van der Waals surface area contributed by atoms with E-state index < -0.39 is 23.6 Å². The van der Waals surface area contributed by atoms with Gasteiger partial charge in [0.2, 0.25) is 0 Å². The Bertz CT molecular complexity index is 706. The minimum absolute atomic E-state index is 0.00624. The number of ketones is 1. The van der Waals surface area contributed by atoms with Crippen molar-refractivity contribution in [2.75, 3.05) is 0 Å². The molecular formula is C19H20O5. The predicted molar refractivity (Wildman–Crippen MR) is 86.3 cm³/mol. The van der Waals surface area contributed by atoms with Gasteiger partial charge in [0, 0.05) is 12.3 Å². The molecule has 5 nitrogen and oxygen atoms in total. The maximum Gasteiger partial charge on any atom is 0.335 e. The molecule has 0 aromatic heterocycles. The van der Waals surface area contributed by atoms with Gasteiger partial charge in [-0.1, -0.05) is 24.0 Å². The third-order valence-electron chi connectivity index (χ3n) is 4.81. The first-order valence-electron chi connectivity index (χ1n) is 8.16. The summed E-state index contributed by atoms with van der Waals surface area (Å²) in [5.74, 6) is 4.00. The monoisotopic (exact) mass is 328 g/mol. The number of carboxylic acids is 1. The number of aromatic carboxylic acids is 1. The second kappa shape index (κ2) is 6.39. The number of hydrogen-bond donors (Lipinski definition) is 3. The Hall–Kier alpha value is -2.16. The van der Waals surface area contributed by atoms with Gasteiger partial charge in [-0.2, -0.15) is 0 Å². The number of carbonyl (C=O) groups excluding carboxylic acids is 1. The molecule has 126 valence electrons. The van der Waals surface area contributed by atoms with Crippen LogP contribution in [0.3, 0.4) is 0 Å². The lowest BCUT2D eigenvalue weighted by Crippen LogP contribution is -2.20. The summed E-state index contributed by atoms with van der Waals surface area (Å²) >= 11 is 0. The highest BCUT2D eigenvalue weighted by Gasteiger charge is 2.42. The predicted octanol–water partition coefficient (Wildman–Crippen LogP) is 1.41. The van der Waals surface area contributed by atoms with E-state index in [4.69, 9.17) is 5.11 Å². The van der Waals surface area contributed by atoms with Crippen LogP contribution in [0.15, 0.2) is 24.3 Å². The van der Waals surface area contributed by atoms with Crippen molar-refractivity contribution in [1.82, 2.24) is 0 Å². The molecule has 2 fully saturated rings. The van der Waals surface area contributed by atoms with Crippen LogP contribution < -0.4 is 0 Å². The molecule has 0 radical (unpaired) electrons. The molecule has 3 atom stereocenters. The maximum atomic E-state index is 12.1. The molecule has 0 heterocycles. The zero-order valence-electron chi connectivity index (χ0n) is 13.2. The number of aryl methyl sites for hydroxylation is 1. The number of Topliss-reactive ketones (excluding diaryl/α,β-unsaturated/α-hetero) is 1. The molecule has 1 aromatic rings. The average Bonchev–Trinajstić information content (AvgIpc) is 3.21. The highest BCUT2D eigenvalue weighted by Crippen LogP contribution is 2.36. The Morgan fingerprint density at radius 3 is 2.50 bits per heavy atom. The standard InChI is InChI=1S/C19H20O5/c20-16-11-17(21)15(7-8-19(24)9-10-19)14(16)6-3-12-1-4-13(5-2-12)18(22)23/h1-2,4-5,14-15,17,21,24H,3,6,9-11H2,(H,22,23)/t14-,15-,17-/m1/s1. The van der Waals surface area contributed by atoms with Gasteiger partial charge in [0.25, 0.3) is 0 Å². The van der Waals surface area contributed by atoms with E-state index in [1.807, 2.05) is 0 Å². The van der Waals surface area contributed by atoms with Gasteiger partial charge in [0.1, 0.15) is 11.4 Å². The fourth-order valence-electron chi connectivity index (χ4n) is 3.09. The van der Waals surface area contributed by atoms with Crippen molar-refractivity contribution in [2.45, 2.75) is 43.8 Å². The Morgan fingerprint density at radius 2 is 1.92 bits per heavy atom. The first-order chi connectivity index (χ1) is 11.4. The van der Waals surface area contributed by atoms with Gasteiger partial charge < -0.3 is 15.3 Å². The van der Waals surface area contributed by atoms with Crippen LogP contribution in [0.2, 0.25) is 0 Å². The summed E-state index contributed by atoms with van der Waals surface area (Å²) in [4.78, 5) is 23.0. The normalized spacial score (nSPS) is 27.4. The van der Waals surface area contributed by atoms with Crippen molar-refractivity contribution in [3.63, 3.8) is 0 Å². The van der Waals surface area contributed by atoms with Crippen LogP contribution in [0.25, 0.3) is 0 Å². The van der Waals surface area contributed by atoms with Crippen molar-refractivity contribution in [3.05, 3.63) is 35.4 Å². The summed E-state index contributed by atoms with van der Waals surface area (Å²) in [6, 6.07) is 6.57. The Labute approximate surface area is 140 Å². The SMILES string of the molecule is O=C(O)c1ccc(CC[C@H]2C(=O)C[C@@H](O)[C@@H]2C#CC2(O)CC2)cc1. The van der Waals surface area contributed by atoms with Crippen LogP contribution in [-0.2, 0) is 11.2 Å². The molecular weight excluding hydrogens is 308 g/mol. The van der Waals surface area contributed by atoms with Gasteiger partial charge in [0.15, 0.2) is 0 Å². The molecule has 1 aromatic carbocycles. The van der Waals surface area contributed by atoms with Crippen LogP contribution in [-0.4, -0.2) is 38.8 Å². The van der Waals surface area contributed by atoms with Crippen molar-refractivity contribution in [1.29, 1.82) is 0 Å². The molecule has 0 spiro atoms. The van der Waals surface area contributed by atoms with E-state index in [0.717, 1.165) is 5.56 Å². The Kier molecular flexibility index (Phi) is 4.44. The number of aliphatic hydroxyl groups excluding tert-OH is 1. The fraction of sp³-hybridized carbons (Fsp3) is 0.474.